The van der Waals surface area contributed by atoms with Crippen molar-refractivity contribution in [3.8, 4) is 11.5 Å². The number of carbonyl (C=O) groups excluding carboxylic acids is 1. The summed E-state index contributed by atoms with van der Waals surface area (Å²) in [6.45, 7) is 3.96. The Morgan fingerprint density at radius 3 is 2.41 bits per heavy atom. The fourth-order valence-corrected chi connectivity index (χ4v) is 4.88. The smallest absolute Gasteiger partial charge is 0.350 e. The number of ether oxygens (including phenoxy) is 2. The summed E-state index contributed by atoms with van der Waals surface area (Å²) < 4.78 is 34.1. The Hall–Kier alpha value is -1.64. The van der Waals surface area contributed by atoms with E-state index in [2.05, 4.69) is 5.32 Å². The number of hydroxylamine groups is 2. The first-order valence-corrected chi connectivity index (χ1v) is 10.3. The number of methoxy groups -OCH3 is 2. The van der Waals surface area contributed by atoms with Crippen LogP contribution in [0.1, 0.15) is 20.3 Å². The highest BCUT2D eigenvalue weighted by Crippen LogP contribution is 2.57. The van der Waals surface area contributed by atoms with Crippen LogP contribution in [0.4, 0.5) is 5.69 Å². The van der Waals surface area contributed by atoms with E-state index in [0.29, 0.717) is 17.2 Å². The molecule has 0 aliphatic carbocycles. The lowest BCUT2D eigenvalue weighted by Crippen LogP contribution is -2.28. The van der Waals surface area contributed by atoms with Crippen molar-refractivity contribution in [2.75, 3.05) is 39.8 Å². The number of nitrogens with zero attached hydrogens (tertiary/aromatic N) is 1. The molecule has 0 radical (unpaired) electrons. The van der Waals surface area contributed by atoms with Crippen LogP contribution in [0.25, 0.3) is 0 Å². The number of benzene rings is 1. The van der Waals surface area contributed by atoms with Crippen LogP contribution < -0.4 is 14.8 Å². The van der Waals surface area contributed by atoms with E-state index in [1.54, 1.807) is 39.1 Å². The Bertz CT molecular complexity index is 690. The van der Waals surface area contributed by atoms with Gasteiger partial charge in [0.15, 0.2) is 17.6 Å². The van der Waals surface area contributed by atoms with Crippen molar-refractivity contribution in [2.24, 2.45) is 0 Å². The monoisotopic (exact) mass is 402 g/mol. The van der Waals surface area contributed by atoms with E-state index in [1.807, 2.05) is 0 Å². The Labute approximate surface area is 159 Å². The second-order valence-electron chi connectivity index (χ2n) is 5.79. The second kappa shape index (κ2) is 9.52. The van der Waals surface area contributed by atoms with Crippen molar-refractivity contribution >= 4 is 19.2 Å². The molecular weight excluding hydrogens is 375 g/mol. The third kappa shape index (κ3) is 5.00. The molecule has 0 unspecified atom stereocenters. The summed E-state index contributed by atoms with van der Waals surface area (Å²) in [6, 6.07) is 5.04. The van der Waals surface area contributed by atoms with E-state index in [1.165, 1.54) is 19.3 Å². The van der Waals surface area contributed by atoms with Gasteiger partial charge < -0.3 is 23.8 Å². The first-order valence-electron chi connectivity index (χ1n) is 8.69. The molecule has 0 bridgehead atoms. The summed E-state index contributed by atoms with van der Waals surface area (Å²) in [5.41, 5.74) is 0.533. The normalized spacial score (nSPS) is 20.5. The average molecular weight is 402 g/mol. The molecule has 1 N–H and O–H groups in total. The molecule has 27 heavy (non-hydrogen) atoms. The molecule has 9 nitrogen and oxygen atoms in total. The van der Waals surface area contributed by atoms with Gasteiger partial charge in [0.1, 0.15) is 5.78 Å². The van der Waals surface area contributed by atoms with Gasteiger partial charge in [-0.1, -0.05) is 0 Å². The predicted octanol–water partition coefficient (Wildman–Crippen LogP) is 2.87. The Morgan fingerprint density at radius 2 is 1.85 bits per heavy atom. The molecule has 1 aromatic rings. The topological polar surface area (TPSA) is 95.6 Å². The van der Waals surface area contributed by atoms with Crippen molar-refractivity contribution in [3.05, 3.63) is 18.2 Å². The summed E-state index contributed by atoms with van der Waals surface area (Å²) in [6.07, 6.45) is -0.630. The highest BCUT2D eigenvalue weighted by atomic mass is 31.2. The molecule has 1 aliphatic rings. The number of nitrogens with one attached hydrogen (secondary N) is 1. The first kappa shape index (κ1) is 21.7. The van der Waals surface area contributed by atoms with E-state index >= 15 is 0 Å². The average Bonchev–Trinajstić information content (AvgIpc) is 3.04. The van der Waals surface area contributed by atoms with Gasteiger partial charge in [0.2, 0.25) is 0 Å². The second-order valence-corrected chi connectivity index (χ2v) is 7.98. The quantitative estimate of drug-likeness (QED) is 0.630. The van der Waals surface area contributed by atoms with Crippen molar-refractivity contribution in [1.29, 1.82) is 0 Å². The third-order valence-corrected chi connectivity index (χ3v) is 6.57. The molecule has 1 aromatic carbocycles. The van der Waals surface area contributed by atoms with Crippen molar-refractivity contribution in [3.63, 3.8) is 0 Å². The Morgan fingerprint density at radius 1 is 1.22 bits per heavy atom. The molecule has 0 saturated carbocycles. The predicted molar refractivity (Wildman–Crippen MR) is 100 cm³/mol. The van der Waals surface area contributed by atoms with Crippen LogP contribution >= 0.6 is 7.60 Å². The molecule has 1 aliphatic heterocycles. The molecular formula is C17H27N2O7P. The summed E-state index contributed by atoms with van der Waals surface area (Å²) in [4.78, 5) is 18.2. The third-order valence-electron chi connectivity index (χ3n) is 4.06. The van der Waals surface area contributed by atoms with Gasteiger partial charge in [-0.25, -0.2) is 0 Å². The summed E-state index contributed by atoms with van der Waals surface area (Å²) >= 11 is 0. The number of hydrogen-bond donors (Lipinski definition) is 1. The largest absolute Gasteiger partial charge is 0.493 e. The zero-order valence-corrected chi connectivity index (χ0v) is 17.2. The number of hydrogen-bond acceptors (Lipinski definition) is 8. The molecule has 1 heterocycles. The molecule has 152 valence electrons. The first-order chi connectivity index (χ1) is 12.9. The van der Waals surface area contributed by atoms with E-state index in [9.17, 15) is 9.36 Å². The fraction of sp³-hybridized carbons (Fsp3) is 0.588. The van der Waals surface area contributed by atoms with E-state index < -0.39 is 19.5 Å². The number of amides is 1. The van der Waals surface area contributed by atoms with Gasteiger partial charge in [-0.3, -0.25) is 14.2 Å². The molecule has 0 aromatic heterocycles. The fourth-order valence-electron chi connectivity index (χ4n) is 2.84. The summed E-state index contributed by atoms with van der Waals surface area (Å²) in [5.74, 6) is 0.0336. The van der Waals surface area contributed by atoms with Gasteiger partial charge in [0.05, 0.1) is 27.4 Å². The van der Waals surface area contributed by atoms with Crippen LogP contribution in [0, 0.1) is 0 Å². The van der Waals surface area contributed by atoms with Crippen LogP contribution in [0.5, 0.6) is 11.5 Å². The van der Waals surface area contributed by atoms with E-state index in [4.69, 9.17) is 23.4 Å². The minimum Gasteiger partial charge on any atom is -0.493 e. The molecule has 2 atom stereocenters. The van der Waals surface area contributed by atoms with Gasteiger partial charge in [0.25, 0.3) is 5.91 Å². The van der Waals surface area contributed by atoms with Gasteiger partial charge in [0, 0.05) is 25.2 Å². The Kier molecular flexibility index (Phi) is 7.64. The van der Waals surface area contributed by atoms with Gasteiger partial charge in [-0.15, -0.1) is 0 Å². The van der Waals surface area contributed by atoms with Crippen LogP contribution in [0.15, 0.2) is 18.2 Å². The molecule has 1 fully saturated rings. The minimum absolute atomic E-state index is 0.187. The molecule has 10 heteroatoms. The van der Waals surface area contributed by atoms with Crippen molar-refractivity contribution < 1.29 is 32.7 Å². The maximum Gasteiger partial charge on any atom is 0.350 e. The molecule has 1 amide bonds. The van der Waals surface area contributed by atoms with E-state index in [0.717, 1.165) is 0 Å². The highest BCUT2D eigenvalue weighted by molar-refractivity contribution is 7.54. The van der Waals surface area contributed by atoms with Gasteiger partial charge in [-0.2, -0.15) is 5.06 Å². The lowest BCUT2D eigenvalue weighted by atomic mass is 10.2. The van der Waals surface area contributed by atoms with Crippen LogP contribution in [-0.2, 0) is 23.2 Å². The molecule has 2 rings (SSSR count). The van der Waals surface area contributed by atoms with Crippen molar-refractivity contribution in [2.45, 2.75) is 32.2 Å². The SMILES string of the molecule is CCOP(=O)(OCC)[C@@H]1C[C@H](C(=O)Nc2ccc(OC)c(OC)c2)ON1C. The summed E-state index contributed by atoms with van der Waals surface area (Å²) in [7, 11) is 1.24. The maximum absolute atomic E-state index is 13.0. The molecule has 0 spiro atoms. The standard InChI is InChI=1S/C17H27N2O7P/c1-6-24-27(21,25-7-2)16-11-15(26-19(16)3)17(20)18-12-8-9-13(22-4)14(10-12)23-5/h8-10,15-16H,6-7,11H2,1-5H3,(H,18,20)/t15-,16-/m1/s1. The van der Waals surface area contributed by atoms with Crippen LogP contribution in [-0.4, -0.2) is 57.3 Å². The highest BCUT2D eigenvalue weighted by Gasteiger charge is 2.48. The van der Waals surface area contributed by atoms with E-state index in [-0.39, 0.29) is 25.5 Å². The number of rotatable bonds is 9. The van der Waals surface area contributed by atoms with Gasteiger partial charge in [-0.05, 0) is 26.0 Å². The summed E-state index contributed by atoms with van der Waals surface area (Å²) in [5, 5.41) is 4.15. The lowest BCUT2D eigenvalue weighted by Gasteiger charge is -2.25. The molecule has 1 saturated heterocycles. The minimum atomic E-state index is -3.42. The zero-order chi connectivity index (χ0) is 20.0. The number of anilines is 1. The van der Waals surface area contributed by atoms with Crippen LogP contribution in [0.2, 0.25) is 0 Å². The van der Waals surface area contributed by atoms with Gasteiger partial charge >= 0.3 is 7.60 Å². The lowest BCUT2D eigenvalue weighted by molar-refractivity contribution is -0.155. The van der Waals surface area contributed by atoms with Crippen LogP contribution in [0.3, 0.4) is 0 Å². The zero-order valence-electron chi connectivity index (χ0n) is 16.3. The van der Waals surface area contributed by atoms with Crippen molar-refractivity contribution in [1.82, 2.24) is 5.06 Å². The Balaban J connectivity index is 2.09. The maximum atomic E-state index is 13.0. The number of carbonyl (C=O) groups is 1.